The van der Waals surface area contributed by atoms with Crippen LogP contribution in [0, 0.1) is 0 Å². The monoisotopic (exact) mass is 307 g/mol. The van der Waals surface area contributed by atoms with E-state index in [0.29, 0.717) is 13.2 Å². The van der Waals surface area contributed by atoms with Crippen molar-refractivity contribution in [1.29, 1.82) is 0 Å². The average Bonchev–Trinajstić information content (AvgIpc) is 2.37. The van der Waals surface area contributed by atoms with Gasteiger partial charge in [-0.15, -0.1) is 0 Å². The zero-order valence-electron chi connectivity index (χ0n) is 9.77. The highest BCUT2D eigenvalue weighted by molar-refractivity contribution is 9.10. The molecule has 0 heterocycles. The van der Waals surface area contributed by atoms with Gasteiger partial charge in [-0.3, -0.25) is 0 Å². The van der Waals surface area contributed by atoms with Gasteiger partial charge in [0.05, 0.1) is 0 Å². The molecule has 0 atom stereocenters. The summed E-state index contributed by atoms with van der Waals surface area (Å²) in [5, 5.41) is 9.37. The molecule has 0 fully saturated rings. The maximum atomic E-state index is 9.37. The molecule has 0 amide bonds. The van der Waals surface area contributed by atoms with E-state index in [2.05, 4.69) is 15.9 Å². The number of rotatable bonds is 4. The van der Waals surface area contributed by atoms with E-state index in [1.54, 1.807) is 18.2 Å². The molecule has 2 aromatic carbocycles. The molecule has 0 bridgehead atoms. The number of ether oxygens (including phenoxy) is 1. The van der Waals surface area contributed by atoms with E-state index in [1.165, 1.54) is 0 Å². The Labute approximate surface area is 114 Å². The summed E-state index contributed by atoms with van der Waals surface area (Å²) in [6, 6.07) is 12.7. The van der Waals surface area contributed by atoms with E-state index in [1.807, 2.05) is 24.3 Å². The van der Waals surface area contributed by atoms with Crippen LogP contribution in [0.25, 0.3) is 0 Å². The Morgan fingerprint density at radius 3 is 2.72 bits per heavy atom. The quantitative estimate of drug-likeness (QED) is 0.912. The van der Waals surface area contributed by atoms with Gasteiger partial charge in [0.25, 0.3) is 0 Å². The Kier molecular flexibility index (Phi) is 4.23. The molecular formula is C14H14BrNO2. The van der Waals surface area contributed by atoms with Gasteiger partial charge in [0.2, 0.25) is 0 Å². The van der Waals surface area contributed by atoms with Gasteiger partial charge in [0.1, 0.15) is 18.1 Å². The van der Waals surface area contributed by atoms with Crippen molar-refractivity contribution in [2.24, 2.45) is 5.73 Å². The minimum Gasteiger partial charge on any atom is -0.508 e. The molecule has 0 aliphatic heterocycles. The summed E-state index contributed by atoms with van der Waals surface area (Å²) >= 11 is 3.40. The summed E-state index contributed by atoms with van der Waals surface area (Å²) in [4.78, 5) is 0. The maximum absolute atomic E-state index is 9.37. The zero-order valence-corrected chi connectivity index (χ0v) is 11.4. The molecule has 2 rings (SSSR count). The normalized spacial score (nSPS) is 10.3. The predicted octanol–water partition coefficient (Wildman–Crippen LogP) is 3.19. The highest BCUT2D eigenvalue weighted by Gasteiger charge is 2.04. The molecular weight excluding hydrogens is 294 g/mol. The highest BCUT2D eigenvalue weighted by Crippen LogP contribution is 2.24. The molecule has 0 aliphatic rings. The smallest absolute Gasteiger partial charge is 0.124 e. The van der Waals surface area contributed by atoms with E-state index in [9.17, 15) is 5.11 Å². The number of aromatic hydroxyl groups is 1. The van der Waals surface area contributed by atoms with Crippen molar-refractivity contribution < 1.29 is 9.84 Å². The van der Waals surface area contributed by atoms with E-state index < -0.39 is 0 Å². The lowest BCUT2D eigenvalue weighted by Gasteiger charge is -2.11. The number of hydrogen-bond donors (Lipinski definition) is 2. The average molecular weight is 308 g/mol. The molecule has 0 aromatic heterocycles. The largest absolute Gasteiger partial charge is 0.508 e. The molecule has 94 valence electrons. The predicted molar refractivity (Wildman–Crippen MR) is 74.5 cm³/mol. The first-order chi connectivity index (χ1) is 8.69. The van der Waals surface area contributed by atoms with Crippen molar-refractivity contribution >= 4 is 15.9 Å². The van der Waals surface area contributed by atoms with Gasteiger partial charge >= 0.3 is 0 Å². The first kappa shape index (κ1) is 12.9. The van der Waals surface area contributed by atoms with Crippen LogP contribution in [-0.2, 0) is 13.2 Å². The number of halogens is 1. The second-order valence-corrected chi connectivity index (χ2v) is 4.83. The number of phenols is 1. The lowest BCUT2D eigenvalue weighted by molar-refractivity contribution is 0.302. The number of nitrogens with two attached hydrogens (primary N) is 1. The molecule has 18 heavy (non-hydrogen) atoms. The lowest BCUT2D eigenvalue weighted by atomic mass is 10.2. The van der Waals surface area contributed by atoms with Crippen LogP contribution in [0.1, 0.15) is 11.1 Å². The van der Waals surface area contributed by atoms with Crippen LogP contribution in [0.4, 0.5) is 0 Å². The zero-order chi connectivity index (χ0) is 13.0. The van der Waals surface area contributed by atoms with Gasteiger partial charge in [0, 0.05) is 16.6 Å². The highest BCUT2D eigenvalue weighted by atomic mass is 79.9. The van der Waals surface area contributed by atoms with E-state index in [-0.39, 0.29) is 5.75 Å². The Balaban J connectivity index is 2.10. The molecule has 3 N–H and O–H groups in total. The minimum absolute atomic E-state index is 0.242. The van der Waals surface area contributed by atoms with Crippen LogP contribution in [0.2, 0.25) is 0 Å². The first-order valence-electron chi connectivity index (χ1n) is 5.58. The molecule has 0 saturated heterocycles. The Morgan fingerprint density at radius 2 is 2.00 bits per heavy atom. The van der Waals surface area contributed by atoms with Crippen molar-refractivity contribution in [3.63, 3.8) is 0 Å². The molecule has 4 heteroatoms. The molecule has 2 aromatic rings. The van der Waals surface area contributed by atoms with Gasteiger partial charge < -0.3 is 15.6 Å². The molecule has 0 spiro atoms. The third-order valence-corrected chi connectivity index (χ3v) is 3.04. The van der Waals surface area contributed by atoms with Crippen molar-refractivity contribution in [2.45, 2.75) is 13.2 Å². The minimum atomic E-state index is 0.242. The van der Waals surface area contributed by atoms with Crippen LogP contribution in [-0.4, -0.2) is 5.11 Å². The van der Waals surface area contributed by atoms with Crippen LogP contribution in [0.5, 0.6) is 11.5 Å². The maximum Gasteiger partial charge on any atom is 0.124 e. The summed E-state index contributed by atoms with van der Waals surface area (Å²) in [5.74, 6) is 1.01. The molecule has 0 saturated carbocycles. The van der Waals surface area contributed by atoms with Crippen molar-refractivity contribution in [3.05, 3.63) is 58.1 Å². The topological polar surface area (TPSA) is 55.5 Å². The third-order valence-electron chi connectivity index (χ3n) is 2.55. The SMILES string of the molecule is NCc1cc(Br)ccc1OCc1cccc(O)c1. The lowest BCUT2D eigenvalue weighted by Crippen LogP contribution is -2.02. The second kappa shape index (κ2) is 5.89. The number of phenolic OH excluding ortho intramolecular Hbond substituents is 1. The van der Waals surface area contributed by atoms with Crippen molar-refractivity contribution in [2.75, 3.05) is 0 Å². The fourth-order valence-electron chi connectivity index (χ4n) is 1.66. The first-order valence-corrected chi connectivity index (χ1v) is 6.37. The summed E-state index contributed by atoms with van der Waals surface area (Å²) < 4.78 is 6.69. The second-order valence-electron chi connectivity index (χ2n) is 3.91. The molecule has 0 radical (unpaired) electrons. The summed E-state index contributed by atoms with van der Waals surface area (Å²) in [7, 11) is 0. The summed E-state index contributed by atoms with van der Waals surface area (Å²) in [6.07, 6.45) is 0. The standard InChI is InChI=1S/C14H14BrNO2/c15-12-4-5-14(11(7-12)8-16)18-9-10-2-1-3-13(17)6-10/h1-7,17H,8-9,16H2. The number of hydrogen-bond acceptors (Lipinski definition) is 3. The Bertz CT molecular complexity index is 543. The van der Waals surface area contributed by atoms with Crippen molar-refractivity contribution in [3.8, 4) is 11.5 Å². The van der Waals surface area contributed by atoms with Gasteiger partial charge in [-0.05, 0) is 35.9 Å². The molecule has 0 unspecified atom stereocenters. The van der Waals surface area contributed by atoms with Crippen LogP contribution in [0.3, 0.4) is 0 Å². The Morgan fingerprint density at radius 1 is 1.17 bits per heavy atom. The van der Waals surface area contributed by atoms with E-state index >= 15 is 0 Å². The van der Waals surface area contributed by atoms with Gasteiger partial charge in [-0.25, -0.2) is 0 Å². The Hall–Kier alpha value is -1.52. The van der Waals surface area contributed by atoms with Crippen LogP contribution in [0.15, 0.2) is 46.9 Å². The van der Waals surface area contributed by atoms with E-state index in [4.69, 9.17) is 10.5 Å². The van der Waals surface area contributed by atoms with Gasteiger partial charge in [0.15, 0.2) is 0 Å². The van der Waals surface area contributed by atoms with Gasteiger partial charge in [-0.2, -0.15) is 0 Å². The van der Waals surface area contributed by atoms with Crippen LogP contribution >= 0.6 is 15.9 Å². The molecule has 0 aliphatic carbocycles. The fraction of sp³-hybridized carbons (Fsp3) is 0.143. The van der Waals surface area contributed by atoms with Gasteiger partial charge in [-0.1, -0.05) is 28.1 Å². The molecule has 3 nitrogen and oxygen atoms in total. The van der Waals surface area contributed by atoms with Crippen LogP contribution < -0.4 is 10.5 Å². The fourth-order valence-corrected chi connectivity index (χ4v) is 2.06. The van der Waals surface area contributed by atoms with Crippen molar-refractivity contribution in [1.82, 2.24) is 0 Å². The summed E-state index contributed by atoms with van der Waals surface area (Å²) in [6.45, 7) is 0.831. The van der Waals surface area contributed by atoms with E-state index in [0.717, 1.165) is 21.3 Å². The third kappa shape index (κ3) is 3.24. The summed E-state index contributed by atoms with van der Waals surface area (Å²) in [5.41, 5.74) is 7.54. The number of benzene rings is 2.